The van der Waals surface area contributed by atoms with Gasteiger partial charge in [0.2, 0.25) is 0 Å². The van der Waals surface area contributed by atoms with Gasteiger partial charge in [0.15, 0.2) is 0 Å². The van der Waals surface area contributed by atoms with E-state index < -0.39 is 11.5 Å². The Balaban J connectivity index is 2.23. The number of carboxylic acid groups (broad SMARTS) is 1. The average molecular weight is 288 g/mol. The molecule has 0 fully saturated rings. The maximum atomic E-state index is 12.4. The summed E-state index contributed by atoms with van der Waals surface area (Å²) in [5, 5.41) is 12.9. The molecular weight excluding hydrogens is 268 g/mol. The lowest BCUT2D eigenvalue weighted by Crippen LogP contribution is -2.51. The van der Waals surface area contributed by atoms with Crippen molar-refractivity contribution >= 4 is 22.8 Å². The Labute approximate surface area is 123 Å². The number of aliphatic carboxylic acids is 1. The van der Waals surface area contributed by atoms with Crippen LogP contribution >= 0.6 is 0 Å². The molecule has 1 aromatic heterocycles. The Morgan fingerprint density at radius 1 is 1.33 bits per heavy atom. The van der Waals surface area contributed by atoms with E-state index in [4.69, 9.17) is 5.11 Å². The number of benzene rings is 1. The number of hydrogen-bond acceptors (Lipinski definition) is 2. The Hall–Kier alpha value is -2.30. The Morgan fingerprint density at radius 2 is 2.05 bits per heavy atom. The van der Waals surface area contributed by atoms with Gasteiger partial charge >= 0.3 is 5.97 Å². The molecule has 2 rings (SSSR count). The molecule has 0 spiro atoms. The zero-order chi connectivity index (χ0) is 15.6. The number of H-pyrrole nitrogens is 1. The number of rotatable bonds is 5. The van der Waals surface area contributed by atoms with E-state index in [9.17, 15) is 9.59 Å². The van der Waals surface area contributed by atoms with Crippen molar-refractivity contribution in [3.8, 4) is 0 Å². The van der Waals surface area contributed by atoms with Gasteiger partial charge in [0.1, 0.15) is 0 Å². The fourth-order valence-corrected chi connectivity index (χ4v) is 2.23. The predicted molar refractivity (Wildman–Crippen MR) is 81.3 cm³/mol. The second-order valence-electron chi connectivity index (χ2n) is 5.88. The maximum absolute atomic E-state index is 12.4. The van der Waals surface area contributed by atoms with E-state index in [1.807, 2.05) is 32.2 Å². The lowest BCUT2D eigenvalue weighted by atomic mass is 9.85. The molecule has 21 heavy (non-hydrogen) atoms. The van der Waals surface area contributed by atoms with Crippen LogP contribution in [0.1, 0.15) is 37.6 Å². The van der Waals surface area contributed by atoms with Gasteiger partial charge in [-0.25, -0.2) is 0 Å². The van der Waals surface area contributed by atoms with Crippen LogP contribution in [0.2, 0.25) is 0 Å². The molecule has 1 heterocycles. The molecule has 3 N–H and O–H groups in total. The molecule has 5 heteroatoms. The van der Waals surface area contributed by atoms with E-state index in [2.05, 4.69) is 10.3 Å². The number of nitrogens with one attached hydrogen (secondary N) is 2. The number of carbonyl (C=O) groups is 2. The highest BCUT2D eigenvalue weighted by atomic mass is 16.4. The summed E-state index contributed by atoms with van der Waals surface area (Å²) in [5.41, 5.74) is 0.613. The van der Waals surface area contributed by atoms with Crippen LogP contribution in [0.15, 0.2) is 30.5 Å². The minimum absolute atomic E-state index is 0.00627. The molecule has 0 saturated heterocycles. The van der Waals surface area contributed by atoms with Gasteiger partial charge in [-0.3, -0.25) is 9.59 Å². The number of amides is 1. The Morgan fingerprint density at radius 3 is 2.67 bits per heavy atom. The van der Waals surface area contributed by atoms with E-state index in [1.165, 1.54) is 0 Å². The Kier molecular flexibility index (Phi) is 4.02. The summed E-state index contributed by atoms with van der Waals surface area (Å²) in [6.07, 6.45) is 1.70. The smallest absolute Gasteiger partial charge is 0.305 e. The summed E-state index contributed by atoms with van der Waals surface area (Å²) in [4.78, 5) is 26.5. The van der Waals surface area contributed by atoms with Crippen molar-refractivity contribution in [2.75, 3.05) is 0 Å². The number of carbonyl (C=O) groups excluding carboxylic acids is 1. The molecule has 0 aliphatic carbocycles. The van der Waals surface area contributed by atoms with Crippen molar-refractivity contribution in [1.29, 1.82) is 0 Å². The largest absolute Gasteiger partial charge is 0.481 e. The van der Waals surface area contributed by atoms with E-state index in [1.54, 1.807) is 19.1 Å². The SMILES string of the molecule is CC(C)C(C)(CC(=O)O)NC(=O)c1ccc2cc[nH]c2c1. The number of aromatic amines is 1. The second-order valence-corrected chi connectivity index (χ2v) is 5.88. The molecule has 0 radical (unpaired) electrons. The zero-order valence-electron chi connectivity index (χ0n) is 12.4. The van der Waals surface area contributed by atoms with E-state index in [0.717, 1.165) is 10.9 Å². The van der Waals surface area contributed by atoms with Gasteiger partial charge in [0.05, 0.1) is 12.0 Å². The van der Waals surface area contributed by atoms with Crippen molar-refractivity contribution in [2.24, 2.45) is 5.92 Å². The zero-order valence-corrected chi connectivity index (χ0v) is 12.4. The normalized spacial score (nSPS) is 14.1. The Bertz CT molecular complexity index is 675. The maximum Gasteiger partial charge on any atom is 0.305 e. The third-order valence-electron chi connectivity index (χ3n) is 4.01. The third kappa shape index (κ3) is 3.24. The molecule has 1 unspecified atom stereocenters. The summed E-state index contributed by atoms with van der Waals surface area (Å²) in [6.45, 7) is 5.56. The van der Waals surface area contributed by atoms with Crippen LogP contribution in [0.3, 0.4) is 0 Å². The minimum atomic E-state index is -0.925. The standard InChI is InChI=1S/C16H20N2O3/c1-10(2)16(3,9-14(19)20)18-15(21)12-5-4-11-6-7-17-13(11)8-12/h4-8,10,17H,9H2,1-3H3,(H,18,21)(H,19,20). The summed E-state index contributed by atoms with van der Waals surface area (Å²) in [7, 11) is 0. The number of aromatic nitrogens is 1. The fraction of sp³-hybridized carbons (Fsp3) is 0.375. The van der Waals surface area contributed by atoms with Crippen LogP contribution in [0, 0.1) is 5.92 Å². The molecular formula is C16H20N2O3. The van der Waals surface area contributed by atoms with Crippen molar-refractivity contribution in [2.45, 2.75) is 32.7 Å². The van der Waals surface area contributed by atoms with Gasteiger partial charge in [-0.1, -0.05) is 19.9 Å². The predicted octanol–water partition coefficient (Wildman–Crippen LogP) is 2.79. The van der Waals surface area contributed by atoms with Gasteiger partial charge in [-0.2, -0.15) is 0 Å². The van der Waals surface area contributed by atoms with Crippen LogP contribution in [-0.2, 0) is 4.79 Å². The third-order valence-corrected chi connectivity index (χ3v) is 4.01. The van der Waals surface area contributed by atoms with Crippen molar-refractivity contribution in [3.63, 3.8) is 0 Å². The van der Waals surface area contributed by atoms with Crippen LogP contribution in [0.5, 0.6) is 0 Å². The van der Waals surface area contributed by atoms with Gasteiger partial charge in [-0.05, 0) is 36.4 Å². The first kappa shape index (κ1) is 15.1. The monoisotopic (exact) mass is 288 g/mol. The minimum Gasteiger partial charge on any atom is -0.481 e. The number of hydrogen-bond donors (Lipinski definition) is 3. The lowest BCUT2D eigenvalue weighted by Gasteiger charge is -2.33. The summed E-state index contributed by atoms with van der Waals surface area (Å²) >= 11 is 0. The molecule has 0 bridgehead atoms. The molecule has 0 aliphatic rings. The van der Waals surface area contributed by atoms with E-state index >= 15 is 0 Å². The number of fused-ring (bicyclic) bond motifs is 1. The van der Waals surface area contributed by atoms with Crippen molar-refractivity contribution in [1.82, 2.24) is 10.3 Å². The molecule has 112 valence electrons. The van der Waals surface area contributed by atoms with E-state index in [-0.39, 0.29) is 18.2 Å². The highest BCUT2D eigenvalue weighted by Crippen LogP contribution is 2.22. The molecule has 2 aromatic rings. The van der Waals surface area contributed by atoms with Crippen LogP contribution < -0.4 is 5.32 Å². The summed E-state index contributed by atoms with van der Waals surface area (Å²) in [6, 6.07) is 7.31. The first-order valence-corrected chi connectivity index (χ1v) is 6.93. The molecule has 5 nitrogen and oxygen atoms in total. The quantitative estimate of drug-likeness (QED) is 0.791. The summed E-state index contributed by atoms with van der Waals surface area (Å²) in [5.74, 6) is -1.18. The summed E-state index contributed by atoms with van der Waals surface area (Å²) < 4.78 is 0. The first-order chi connectivity index (χ1) is 9.82. The van der Waals surface area contributed by atoms with Crippen LogP contribution in [-0.4, -0.2) is 27.5 Å². The molecule has 1 aromatic carbocycles. The topological polar surface area (TPSA) is 82.2 Å². The van der Waals surface area contributed by atoms with Gasteiger partial charge in [-0.15, -0.1) is 0 Å². The van der Waals surface area contributed by atoms with Crippen LogP contribution in [0.4, 0.5) is 0 Å². The number of carboxylic acids is 1. The average Bonchev–Trinajstić information content (AvgIpc) is 2.84. The molecule has 1 amide bonds. The van der Waals surface area contributed by atoms with E-state index in [0.29, 0.717) is 5.56 Å². The lowest BCUT2D eigenvalue weighted by molar-refractivity contribution is -0.138. The highest BCUT2D eigenvalue weighted by Gasteiger charge is 2.33. The molecule has 0 saturated carbocycles. The highest BCUT2D eigenvalue weighted by molar-refractivity contribution is 5.98. The first-order valence-electron chi connectivity index (χ1n) is 6.93. The van der Waals surface area contributed by atoms with Crippen molar-refractivity contribution in [3.05, 3.63) is 36.0 Å². The van der Waals surface area contributed by atoms with Gasteiger partial charge in [0.25, 0.3) is 5.91 Å². The second kappa shape index (κ2) is 5.60. The van der Waals surface area contributed by atoms with Crippen molar-refractivity contribution < 1.29 is 14.7 Å². The molecule has 1 atom stereocenters. The van der Waals surface area contributed by atoms with Gasteiger partial charge < -0.3 is 15.4 Å². The fourth-order valence-electron chi connectivity index (χ4n) is 2.23. The van der Waals surface area contributed by atoms with Crippen LogP contribution in [0.25, 0.3) is 10.9 Å². The van der Waals surface area contributed by atoms with Gasteiger partial charge in [0, 0.05) is 17.3 Å². The molecule has 0 aliphatic heterocycles.